The van der Waals surface area contributed by atoms with Crippen LogP contribution in [0.4, 0.5) is 0 Å². The first-order chi connectivity index (χ1) is 15.0. The van der Waals surface area contributed by atoms with Crippen LogP contribution in [0.3, 0.4) is 0 Å². The Bertz CT molecular complexity index is 870. The van der Waals surface area contributed by atoms with Gasteiger partial charge in [0.15, 0.2) is 11.5 Å². The summed E-state index contributed by atoms with van der Waals surface area (Å²) in [5.74, 6) is -0.327. The van der Waals surface area contributed by atoms with Crippen molar-refractivity contribution in [2.45, 2.75) is 32.1 Å². The van der Waals surface area contributed by atoms with Crippen LogP contribution in [0.5, 0.6) is 11.5 Å². The lowest BCUT2D eigenvalue weighted by molar-refractivity contribution is -0.143. The van der Waals surface area contributed by atoms with Gasteiger partial charge in [-0.3, -0.25) is 25.2 Å². The lowest BCUT2D eigenvalue weighted by Gasteiger charge is -2.10. The molecule has 0 atom stereocenters. The number of rotatable bonds is 11. The van der Waals surface area contributed by atoms with E-state index in [1.165, 1.54) is 25.8 Å². The Morgan fingerprint density at radius 3 is 2.29 bits per heavy atom. The molecule has 2 aromatic carbocycles. The van der Waals surface area contributed by atoms with Crippen molar-refractivity contribution < 1.29 is 28.6 Å². The van der Waals surface area contributed by atoms with Gasteiger partial charge in [-0.2, -0.15) is 0 Å². The van der Waals surface area contributed by atoms with E-state index in [0.717, 1.165) is 12.8 Å². The average Bonchev–Trinajstić information content (AvgIpc) is 2.80. The molecular weight excluding hydrogens is 400 g/mol. The largest absolute Gasteiger partial charge is 0.493 e. The van der Waals surface area contributed by atoms with Crippen molar-refractivity contribution >= 4 is 17.8 Å². The number of hydrogen-bond donors (Lipinski definition) is 2. The van der Waals surface area contributed by atoms with Crippen LogP contribution < -0.4 is 20.3 Å². The fraction of sp³-hybridized carbons (Fsp3) is 0.348. The number of hydrazine groups is 1. The lowest BCUT2D eigenvalue weighted by atomic mass is 10.1. The van der Waals surface area contributed by atoms with Crippen molar-refractivity contribution in [1.29, 1.82) is 0 Å². The second-order valence-electron chi connectivity index (χ2n) is 6.74. The summed E-state index contributed by atoms with van der Waals surface area (Å²) in [6.07, 6.45) is 2.15. The third kappa shape index (κ3) is 8.38. The number of esters is 1. The summed E-state index contributed by atoms with van der Waals surface area (Å²) in [5.41, 5.74) is 6.16. The second kappa shape index (κ2) is 12.9. The third-order valence-corrected chi connectivity index (χ3v) is 4.46. The maximum absolute atomic E-state index is 12.2. The lowest BCUT2D eigenvalue weighted by Crippen LogP contribution is -2.41. The van der Waals surface area contributed by atoms with Crippen LogP contribution in [0.15, 0.2) is 48.5 Å². The van der Waals surface area contributed by atoms with Gasteiger partial charge in [0.25, 0.3) is 5.91 Å². The van der Waals surface area contributed by atoms with Crippen molar-refractivity contribution in [3.63, 3.8) is 0 Å². The molecule has 2 amide bonds. The van der Waals surface area contributed by atoms with Crippen LogP contribution in [0.25, 0.3) is 0 Å². The summed E-state index contributed by atoms with van der Waals surface area (Å²) in [5, 5.41) is 0. The smallest absolute Gasteiger partial charge is 0.305 e. The van der Waals surface area contributed by atoms with Gasteiger partial charge in [-0.15, -0.1) is 0 Å². The molecule has 0 saturated heterocycles. The SMILES string of the molecule is COc1ccc(C(=O)NNC(=O)CCCC(=O)OCCCc2ccccc2)cc1OC. The van der Waals surface area contributed by atoms with Crippen LogP contribution in [0.1, 0.15) is 41.6 Å². The molecule has 31 heavy (non-hydrogen) atoms. The first-order valence-electron chi connectivity index (χ1n) is 10.0. The number of aryl methyl sites for hydroxylation is 1. The third-order valence-electron chi connectivity index (χ3n) is 4.46. The highest BCUT2D eigenvalue weighted by atomic mass is 16.5. The summed E-state index contributed by atoms with van der Waals surface area (Å²) >= 11 is 0. The zero-order chi connectivity index (χ0) is 22.5. The van der Waals surface area contributed by atoms with Crippen molar-refractivity contribution in [3.8, 4) is 11.5 Å². The molecule has 2 rings (SSSR count). The van der Waals surface area contributed by atoms with Gasteiger partial charge >= 0.3 is 5.97 Å². The number of carbonyl (C=O) groups is 3. The summed E-state index contributed by atoms with van der Waals surface area (Å²) in [6.45, 7) is 0.349. The van der Waals surface area contributed by atoms with Crippen molar-refractivity contribution in [1.82, 2.24) is 10.9 Å². The van der Waals surface area contributed by atoms with E-state index in [-0.39, 0.29) is 18.8 Å². The van der Waals surface area contributed by atoms with E-state index in [1.807, 2.05) is 30.3 Å². The van der Waals surface area contributed by atoms with Crippen molar-refractivity contribution in [3.05, 3.63) is 59.7 Å². The molecule has 166 valence electrons. The molecule has 0 bridgehead atoms. The van der Waals surface area contributed by atoms with Crippen LogP contribution in [0.2, 0.25) is 0 Å². The Morgan fingerprint density at radius 2 is 1.58 bits per heavy atom. The first-order valence-corrected chi connectivity index (χ1v) is 10.0. The van der Waals surface area contributed by atoms with Crippen LogP contribution in [0, 0.1) is 0 Å². The normalized spacial score (nSPS) is 10.1. The highest BCUT2D eigenvalue weighted by Crippen LogP contribution is 2.27. The zero-order valence-corrected chi connectivity index (χ0v) is 17.8. The standard InChI is InChI=1S/C23H28N2O6/c1-29-19-14-13-18(16-20(19)30-2)23(28)25-24-21(26)11-6-12-22(27)31-15-7-10-17-8-4-3-5-9-17/h3-5,8-9,13-14,16H,6-7,10-12,15H2,1-2H3,(H,24,26)(H,25,28). The number of hydrogen-bond acceptors (Lipinski definition) is 6. The van der Waals surface area contributed by atoms with E-state index >= 15 is 0 Å². The molecule has 0 fully saturated rings. The van der Waals surface area contributed by atoms with E-state index < -0.39 is 11.8 Å². The molecule has 0 heterocycles. The number of nitrogens with one attached hydrogen (secondary N) is 2. The van der Waals surface area contributed by atoms with Crippen LogP contribution >= 0.6 is 0 Å². The number of methoxy groups -OCH3 is 2. The van der Waals surface area contributed by atoms with E-state index in [2.05, 4.69) is 10.9 Å². The molecule has 0 spiro atoms. The maximum atomic E-state index is 12.2. The quantitative estimate of drug-likeness (QED) is 0.324. The van der Waals surface area contributed by atoms with E-state index in [9.17, 15) is 14.4 Å². The fourth-order valence-corrected chi connectivity index (χ4v) is 2.81. The minimum Gasteiger partial charge on any atom is -0.493 e. The number of benzene rings is 2. The molecule has 0 aliphatic carbocycles. The monoisotopic (exact) mass is 428 g/mol. The summed E-state index contributed by atoms with van der Waals surface area (Å²) in [4.78, 5) is 35.8. The van der Waals surface area contributed by atoms with Crippen molar-refractivity contribution in [2.75, 3.05) is 20.8 Å². The number of amides is 2. The number of ether oxygens (including phenoxy) is 3. The van der Waals surface area contributed by atoms with Gasteiger partial charge in [-0.25, -0.2) is 0 Å². The van der Waals surface area contributed by atoms with Gasteiger partial charge < -0.3 is 14.2 Å². The molecule has 0 radical (unpaired) electrons. The van der Waals surface area contributed by atoms with E-state index in [4.69, 9.17) is 14.2 Å². The zero-order valence-electron chi connectivity index (χ0n) is 17.8. The van der Waals surface area contributed by atoms with Crippen molar-refractivity contribution in [2.24, 2.45) is 0 Å². The molecule has 0 aliphatic heterocycles. The molecule has 0 saturated carbocycles. The predicted octanol–water partition coefficient (Wildman–Crippen LogP) is 2.81. The Hall–Kier alpha value is -3.55. The molecule has 8 nitrogen and oxygen atoms in total. The molecule has 0 aromatic heterocycles. The molecular formula is C23H28N2O6. The van der Waals surface area contributed by atoms with E-state index in [1.54, 1.807) is 12.1 Å². The summed E-state index contributed by atoms with van der Waals surface area (Å²) in [7, 11) is 2.97. The van der Waals surface area contributed by atoms with Gasteiger partial charge in [0.1, 0.15) is 0 Å². The highest BCUT2D eigenvalue weighted by molar-refractivity contribution is 5.96. The van der Waals surface area contributed by atoms with Crippen LogP contribution in [-0.4, -0.2) is 38.6 Å². The first kappa shape index (κ1) is 23.7. The van der Waals surface area contributed by atoms with Gasteiger partial charge in [-0.1, -0.05) is 30.3 Å². The minimum absolute atomic E-state index is 0.0886. The van der Waals surface area contributed by atoms with E-state index in [0.29, 0.717) is 30.1 Å². The summed E-state index contributed by atoms with van der Waals surface area (Å²) < 4.78 is 15.4. The Labute approximate surface area is 181 Å². The summed E-state index contributed by atoms with van der Waals surface area (Å²) in [6, 6.07) is 14.6. The molecule has 8 heteroatoms. The second-order valence-corrected chi connectivity index (χ2v) is 6.74. The van der Waals surface area contributed by atoms with Gasteiger partial charge in [-0.05, 0) is 43.0 Å². The average molecular weight is 428 g/mol. The predicted molar refractivity (Wildman–Crippen MR) is 115 cm³/mol. The maximum Gasteiger partial charge on any atom is 0.305 e. The minimum atomic E-state index is -0.493. The Kier molecular flexibility index (Phi) is 9.87. The van der Waals surface area contributed by atoms with Gasteiger partial charge in [0, 0.05) is 18.4 Å². The molecule has 0 unspecified atom stereocenters. The molecule has 0 aliphatic rings. The number of carbonyl (C=O) groups excluding carboxylic acids is 3. The Morgan fingerprint density at radius 1 is 0.839 bits per heavy atom. The molecule has 2 aromatic rings. The Balaban J connectivity index is 1.60. The van der Waals surface area contributed by atoms with Gasteiger partial charge in [0.2, 0.25) is 5.91 Å². The topological polar surface area (TPSA) is 103 Å². The molecule has 2 N–H and O–H groups in total. The van der Waals surface area contributed by atoms with Gasteiger partial charge in [0.05, 0.1) is 20.8 Å². The highest BCUT2D eigenvalue weighted by Gasteiger charge is 2.12. The fourth-order valence-electron chi connectivity index (χ4n) is 2.81. The van der Waals surface area contributed by atoms with Crippen LogP contribution in [-0.2, 0) is 20.7 Å².